The minimum atomic E-state index is -1.02. The van der Waals surface area contributed by atoms with Gasteiger partial charge in [-0.1, -0.05) is 39.0 Å². The number of nitrogens with one attached hydrogen (secondary N) is 1. The molecule has 0 spiro atoms. The van der Waals surface area contributed by atoms with E-state index in [0.717, 1.165) is 5.56 Å². The molecule has 110 valence electrons. The number of hydrogen-bond acceptors (Lipinski definition) is 3. The first-order valence-corrected chi connectivity index (χ1v) is 6.57. The minimum Gasteiger partial charge on any atom is -0.480 e. The fourth-order valence-corrected chi connectivity index (χ4v) is 1.89. The van der Waals surface area contributed by atoms with E-state index in [1.165, 1.54) is 0 Å². The number of nitrogens with two attached hydrogens (primary N) is 1. The molecule has 0 radical (unpaired) electrons. The second kappa shape index (κ2) is 6.41. The summed E-state index contributed by atoms with van der Waals surface area (Å²) in [6.07, 6.45) is 0.711. The van der Waals surface area contributed by atoms with Crippen molar-refractivity contribution in [2.45, 2.75) is 39.7 Å². The third-order valence-corrected chi connectivity index (χ3v) is 3.09. The topological polar surface area (TPSA) is 92.4 Å². The first kappa shape index (κ1) is 16.0. The smallest absolute Gasteiger partial charge is 0.326 e. The average Bonchev–Trinajstić information content (AvgIpc) is 2.33. The van der Waals surface area contributed by atoms with Gasteiger partial charge in [0.2, 0.25) is 5.91 Å². The van der Waals surface area contributed by atoms with Crippen molar-refractivity contribution in [3.63, 3.8) is 0 Å². The number of nitrogen functional groups attached to an aromatic ring is 1. The highest BCUT2D eigenvalue weighted by molar-refractivity contribution is 5.84. The van der Waals surface area contributed by atoms with Crippen LogP contribution in [0.5, 0.6) is 0 Å². The maximum absolute atomic E-state index is 11.9. The molecule has 0 saturated carbocycles. The summed E-state index contributed by atoms with van der Waals surface area (Å²) in [6, 6.07) is 6.43. The van der Waals surface area contributed by atoms with Gasteiger partial charge in [-0.15, -0.1) is 0 Å². The number of rotatable bonds is 5. The van der Waals surface area contributed by atoms with E-state index in [0.29, 0.717) is 12.1 Å². The van der Waals surface area contributed by atoms with E-state index < -0.39 is 17.4 Å². The van der Waals surface area contributed by atoms with Crippen LogP contribution in [-0.4, -0.2) is 23.0 Å². The molecule has 1 unspecified atom stereocenters. The van der Waals surface area contributed by atoms with Gasteiger partial charge in [0.05, 0.1) is 0 Å². The molecule has 5 nitrogen and oxygen atoms in total. The van der Waals surface area contributed by atoms with E-state index in [1.807, 2.05) is 18.2 Å². The summed E-state index contributed by atoms with van der Waals surface area (Å²) in [5.74, 6) is -1.30. The molecule has 0 bridgehead atoms. The predicted molar refractivity (Wildman–Crippen MR) is 78.2 cm³/mol. The Morgan fingerprint density at radius 2 is 1.90 bits per heavy atom. The number of anilines is 1. The summed E-state index contributed by atoms with van der Waals surface area (Å²) < 4.78 is 0. The number of hydrogen-bond donors (Lipinski definition) is 3. The van der Waals surface area contributed by atoms with Crippen LogP contribution in [0.1, 0.15) is 32.8 Å². The largest absolute Gasteiger partial charge is 0.480 e. The van der Waals surface area contributed by atoms with E-state index in [2.05, 4.69) is 5.32 Å². The van der Waals surface area contributed by atoms with Crippen LogP contribution in [0, 0.1) is 5.41 Å². The van der Waals surface area contributed by atoms with Crippen molar-refractivity contribution in [1.29, 1.82) is 0 Å². The number of carbonyl (C=O) groups is 2. The lowest BCUT2D eigenvalue weighted by molar-refractivity contribution is -0.144. The van der Waals surface area contributed by atoms with Gasteiger partial charge in [0.25, 0.3) is 0 Å². The highest BCUT2D eigenvalue weighted by Gasteiger charge is 2.32. The molecule has 1 rings (SSSR count). The molecule has 0 aromatic heterocycles. The van der Waals surface area contributed by atoms with Crippen molar-refractivity contribution in [2.24, 2.45) is 5.41 Å². The number of amides is 1. The first-order valence-electron chi connectivity index (χ1n) is 6.57. The number of para-hydroxylation sites is 1. The molecule has 20 heavy (non-hydrogen) atoms. The van der Waals surface area contributed by atoms with Crippen molar-refractivity contribution < 1.29 is 14.7 Å². The van der Waals surface area contributed by atoms with Crippen molar-refractivity contribution in [1.82, 2.24) is 5.32 Å². The Bertz CT molecular complexity index is 492. The number of benzene rings is 1. The monoisotopic (exact) mass is 278 g/mol. The maximum Gasteiger partial charge on any atom is 0.326 e. The van der Waals surface area contributed by atoms with Gasteiger partial charge >= 0.3 is 5.97 Å². The summed E-state index contributed by atoms with van der Waals surface area (Å²) in [5, 5.41) is 11.7. The Kier molecular flexibility index (Phi) is 5.13. The summed E-state index contributed by atoms with van der Waals surface area (Å²) in [7, 11) is 0. The van der Waals surface area contributed by atoms with Crippen molar-refractivity contribution >= 4 is 17.6 Å². The normalized spacial score (nSPS) is 12.8. The number of carboxylic acid groups (broad SMARTS) is 1. The Morgan fingerprint density at radius 1 is 1.30 bits per heavy atom. The van der Waals surface area contributed by atoms with Gasteiger partial charge in [-0.05, 0) is 23.5 Å². The summed E-state index contributed by atoms with van der Waals surface area (Å²) >= 11 is 0. The van der Waals surface area contributed by atoms with Gasteiger partial charge in [0.15, 0.2) is 0 Å². The van der Waals surface area contributed by atoms with Crippen LogP contribution in [0.3, 0.4) is 0 Å². The SMILES string of the molecule is CC(C)(C)C(NC(=O)CCc1ccccc1N)C(=O)O. The molecular formula is C15H22N2O3. The Morgan fingerprint density at radius 3 is 2.40 bits per heavy atom. The van der Waals surface area contributed by atoms with Crippen LogP contribution in [0.25, 0.3) is 0 Å². The van der Waals surface area contributed by atoms with Crippen LogP contribution in [-0.2, 0) is 16.0 Å². The zero-order valence-electron chi connectivity index (χ0n) is 12.1. The number of aliphatic carboxylic acids is 1. The molecular weight excluding hydrogens is 256 g/mol. The predicted octanol–water partition coefficient (Wildman–Crippen LogP) is 1.82. The molecule has 0 aliphatic heterocycles. The van der Waals surface area contributed by atoms with Crippen molar-refractivity contribution in [3.8, 4) is 0 Å². The lowest BCUT2D eigenvalue weighted by Crippen LogP contribution is -2.49. The van der Waals surface area contributed by atoms with Crippen molar-refractivity contribution in [3.05, 3.63) is 29.8 Å². The lowest BCUT2D eigenvalue weighted by Gasteiger charge is -2.27. The number of carboxylic acids is 1. The molecule has 0 heterocycles. The van der Waals surface area contributed by atoms with E-state index in [-0.39, 0.29) is 12.3 Å². The Hall–Kier alpha value is -2.04. The quantitative estimate of drug-likeness (QED) is 0.716. The Balaban J connectivity index is 2.60. The second-order valence-electron chi connectivity index (χ2n) is 5.90. The number of aryl methyl sites for hydroxylation is 1. The van der Waals surface area contributed by atoms with Gasteiger partial charge in [-0.25, -0.2) is 4.79 Å². The highest BCUT2D eigenvalue weighted by Crippen LogP contribution is 2.20. The molecule has 0 aliphatic carbocycles. The summed E-state index contributed by atoms with van der Waals surface area (Å²) in [6.45, 7) is 5.34. The molecule has 0 aliphatic rings. The fourth-order valence-electron chi connectivity index (χ4n) is 1.89. The Labute approximate surface area is 119 Å². The second-order valence-corrected chi connectivity index (χ2v) is 5.90. The van der Waals surface area contributed by atoms with Gasteiger partial charge in [0.1, 0.15) is 6.04 Å². The van der Waals surface area contributed by atoms with Gasteiger partial charge in [0, 0.05) is 12.1 Å². The average molecular weight is 278 g/mol. The first-order chi connectivity index (χ1) is 9.21. The van der Waals surface area contributed by atoms with E-state index >= 15 is 0 Å². The van der Waals surface area contributed by atoms with Gasteiger partial charge < -0.3 is 16.2 Å². The third kappa shape index (κ3) is 4.57. The van der Waals surface area contributed by atoms with E-state index in [1.54, 1.807) is 26.8 Å². The van der Waals surface area contributed by atoms with Crippen LogP contribution in [0.4, 0.5) is 5.69 Å². The molecule has 4 N–H and O–H groups in total. The molecule has 5 heteroatoms. The van der Waals surface area contributed by atoms with Gasteiger partial charge in [-0.3, -0.25) is 4.79 Å². The third-order valence-electron chi connectivity index (χ3n) is 3.09. The molecule has 1 amide bonds. The van der Waals surface area contributed by atoms with Crippen molar-refractivity contribution in [2.75, 3.05) is 5.73 Å². The lowest BCUT2D eigenvalue weighted by atomic mass is 9.86. The minimum absolute atomic E-state index is 0.216. The zero-order valence-corrected chi connectivity index (χ0v) is 12.1. The molecule has 1 aromatic carbocycles. The number of carbonyl (C=O) groups excluding carboxylic acids is 1. The van der Waals surface area contributed by atoms with Crippen LogP contribution < -0.4 is 11.1 Å². The summed E-state index contributed by atoms with van der Waals surface area (Å²) in [5.41, 5.74) is 6.80. The molecule has 1 atom stereocenters. The summed E-state index contributed by atoms with van der Waals surface area (Å²) in [4.78, 5) is 23.0. The zero-order chi connectivity index (χ0) is 15.3. The van der Waals surface area contributed by atoms with Gasteiger partial charge in [-0.2, -0.15) is 0 Å². The standard InChI is InChI=1S/C15H22N2O3/c1-15(2,3)13(14(19)20)17-12(18)9-8-10-6-4-5-7-11(10)16/h4-7,13H,8-9,16H2,1-3H3,(H,17,18)(H,19,20). The van der Waals surface area contributed by atoms with E-state index in [4.69, 9.17) is 10.8 Å². The van der Waals surface area contributed by atoms with E-state index in [9.17, 15) is 9.59 Å². The van der Waals surface area contributed by atoms with Crippen LogP contribution in [0.15, 0.2) is 24.3 Å². The molecule has 0 fully saturated rings. The fraction of sp³-hybridized carbons (Fsp3) is 0.467. The highest BCUT2D eigenvalue weighted by atomic mass is 16.4. The molecule has 1 aromatic rings. The maximum atomic E-state index is 11.9. The molecule has 0 saturated heterocycles. The van der Waals surface area contributed by atoms with Crippen LogP contribution >= 0.6 is 0 Å². The van der Waals surface area contributed by atoms with Crippen LogP contribution in [0.2, 0.25) is 0 Å².